The van der Waals surface area contributed by atoms with Crippen molar-refractivity contribution in [3.8, 4) is 0 Å². The molecule has 0 aromatic rings. The molecule has 1 saturated carbocycles. The molecule has 6 heteroatoms. The van der Waals surface area contributed by atoms with Crippen molar-refractivity contribution in [2.24, 2.45) is 5.92 Å². The fourth-order valence-electron chi connectivity index (χ4n) is 3.49. The minimum Gasteiger partial charge on any atom is -0.301 e. The number of hydrogen-bond acceptors (Lipinski definition) is 4. The van der Waals surface area contributed by atoms with Crippen LogP contribution in [-0.4, -0.2) is 70.3 Å². The van der Waals surface area contributed by atoms with Crippen molar-refractivity contribution >= 4 is 10.0 Å². The highest BCUT2D eigenvalue weighted by Crippen LogP contribution is 2.24. The molecular formula is C15H31N3O2S. The smallest absolute Gasteiger partial charge is 0.208 e. The highest BCUT2D eigenvalue weighted by molar-refractivity contribution is 7.88. The fraction of sp³-hybridized carbons (Fsp3) is 1.00. The van der Waals surface area contributed by atoms with Crippen LogP contribution in [0.15, 0.2) is 0 Å². The van der Waals surface area contributed by atoms with Gasteiger partial charge in [0, 0.05) is 39.3 Å². The van der Waals surface area contributed by atoms with Crippen molar-refractivity contribution in [1.29, 1.82) is 0 Å². The quantitative estimate of drug-likeness (QED) is 0.715. The second-order valence-electron chi connectivity index (χ2n) is 6.67. The van der Waals surface area contributed by atoms with E-state index in [0.717, 1.165) is 32.0 Å². The number of nitrogens with one attached hydrogen (secondary N) is 1. The molecule has 1 aliphatic heterocycles. The molecule has 1 saturated heterocycles. The van der Waals surface area contributed by atoms with Crippen LogP contribution in [0.25, 0.3) is 0 Å². The molecule has 0 radical (unpaired) electrons. The van der Waals surface area contributed by atoms with Crippen LogP contribution in [0.5, 0.6) is 0 Å². The van der Waals surface area contributed by atoms with Gasteiger partial charge in [-0.1, -0.05) is 19.3 Å². The van der Waals surface area contributed by atoms with Gasteiger partial charge < -0.3 is 9.80 Å². The van der Waals surface area contributed by atoms with E-state index >= 15 is 0 Å². The predicted octanol–water partition coefficient (Wildman–Crippen LogP) is 1.12. The zero-order chi connectivity index (χ0) is 15.1. The molecule has 1 N–H and O–H groups in total. The third-order valence-corrected chi connectivity index (χ3v) is 5.45. The Bertz CT molecular complexity index is 386. The van der Waals surface area contributed by atoms with Crippen LogP contribution in [0.3, 0.4) is 0 Å². The van der Waals surface area contributed by atoms with E-state index in [-0.39, 0.29) is 0 Å². The maximum atomic E-state index is 11.0. The van der Waals surface area contributed by atoms with E-state index in [1.54, 1.807) is 0 Å². The summed E-state index contributed by atoms with van der Waals surface area (Å²) in [6.07, 6.45) is 9.27. The van der Waals surface area contributed by atoms with E-state index < -0.39 is 10.0 Å². The van der Waals surface area contributed by atoms with Crippen LogP contribution in [0, 0.1) is 5.92 Å². The van der Waals surface area contributed by atoms with Gasteiger partial charge in [-0.3, -0.25) is 0 Å². The van der Waals surface area contributed by atoms with Gasteiger partial charge in [-0.05, 0) is 31.7 Å². The molecule has 1 heterocycles. The number of rotatable bonds is 7. The van der Waals surface area contributed by atoms with Crippen molar-refractivity contribution in [2.75, 3.05) is 52.1 Å². The van der Waals surface area contributed by atoms with Gasteiger partial charge in [0.25, 0.3) is 0 Å². The summed E-state index contributed by atoms with van der Waals surface area (Å²) in [6, 6.07) is 0. The van der Waals surface area contributed by atoms with Crippen LogP contribution < -0.4 is 4.72 Å². The van der Waals surface area contributed by atoms with E-state index in [2.05, 4.69) is 14.5 Å². The molecule has 2 fully saturated rings. The summed E-state index contributed by atoms with van der Waals surface area (Å²) in [5, 5.41) is 0. The Labute approximate surface area is 130 Å². The monoisotopic (exact) mass is 317 g/mol. The average Bonchev–Trinajstić information content (AvgIpc) is 2.45. The first kappa shape index (κ1) is 17.2. The number of piperazine rings is 1. The molecule has 0 aromatic heterocycles. The lowest BCUT2D eigenvalue weighted by Crippen LogP contribution is -2.48. The largest absolute Gasteiger partial charge is 0.301 e. The van der Waals surface area contributed by atoms with E-state index in [1.807, 2.05) is 0 Å². The number of nitrogens with zero attached hydrogens (tertiary/aromatic N) is 2. The third-order valence-electron chi connectivity index (χ3n) is 4.72. The summed E-state index contributed by atoms with van der Waals surface area (Å²) in [4.78, 5) is 5.09. The molecule has 0 unspecified atom stereocenters. The summed E-state index contributed by atoms with van der Waals surface area (Å²) >= 11 is 0. The van der Waals surface area contributed by atoms with Gasteiger partial charge in [0.05, 0.1) is 6.26 Å². The Morgan fingerprint density at radius 3 is 2.24 bits per heavy atom. The minimum absolute atomic E-state index is 0.557. The maximum absolute atomic E-state index is 11.0. The molecule has 5 nitrogen and oxygen atoms in total. The Hall–Kier alpha value is -0.170. The van der Waals surface area contributed by atoms with E-state index in [1.165, 1.54) is 58.0 Å². The lowest BCUT2D eigenvalue weighted by Gasteiger charge is -2.37. The van der Waals surface area contributed by atoms with Crippen LogP contribution in [0.1, 0.15) is 38.5 Å². The zero-order valence-electron chi connectivity index (χ0n) is 13.4. The first-order valence-electron chi connectivity index (χ1n) is 8.42. The second-order valence-corrected chi connectivity index (χ2v) is 8.50. The van der Waals surface area contributed by atoms with Crippen molar-refractivity contribution in [1.82, 2.24) is 14.5 Å². The maximum Gasteiger partial charge on any atom is 0.208 e. The van der Waals surface area contributed by atoms with Gasteiger partial charge in [0.1, 0.15) is 0 Å². The van der Waals surface area contributed by atoms with Gasteiger partial charge in [-0.15, -0.1) is 0 Å². The van der Waals surface area contributed by atoms with Crippen LogP contribution in [0.2, 0.25) is 0 Å². The normalized spacial score (nSPS) is 23.5. The fourth-order valence-corrected chi connectivity index (χ4v) is 4.01. The Morgan fingerprint density at radius 1 is 1.00 bits per heavy atom. The molecule has 0 bridgehead atoms. The highest BCUT2D eigenvalue weighted by Gasteiger charge is 2.21. The molecule has 0 amide bonds. The lowest BCUT2D eigenvalue weighted by molar-refractivity contribution is 0.109. The molecule has 124 valence electrons. The average molecular weight is 317 g/mol. The first-order chi connectivity index (χ1) is 10.0. The van der Waals surface area contributed by atoms with E-state index in [4.69, 9.17) is 0 Å². The van der Waals surface area contributed by atoms with Gasteiger partial charge >= 0.3 is 0 Å². The Balaban J connectivity index is 1.55. The number of hydrogen-bond donors (Lipinski definition) is 1. The standard InChI is InChI=1S/C15H31N3O2S/c1-21(19,20)16-8-5-9-17-10-12-18(13-11-17)14-15-6-3-2-4-7-15/h15-16H,2-14H2,1H3. The predicted molar refractivity (Wildman–Crippen MR) is 86.9 cm³/mol. The minimum atomic E-state index is -3.03. The van der Waals surface area contributed by atoms with Gasteiger partial charge in [0.15, 0.2) is 0 Å². The third kappa shape index (κ3) is 7.08. The summed E-state index contributed by atoms with van der Waals surface area (Å²) < 4.78 is 24.5. The van der Waals surface area contributed by atoms with Crippen LogP contribution >= 0.6 is 0 Å². The van der Waals surface area contributed by atoms with Gasteiger partial charge in [-0.25, -0.2) is 13.1 Å². The molecule has 2 aliphatic rings. The topological polar surface area (TPSA) is 52.7 Å². The second kappa shape index (κ2) is 8.46. The molecule has 21 heavy (non-hydrogen) atoms. The first-order valence-corrected chi connectivity index (χ1v) is 10.3. The molecular weight excluding hydrogens is 286 g/mol. The lowest BCUT2D eigenvalue weighted by atomic mass is 9.89. The van der Waals surface area contributed by atoms with E-state index in [9.17, 15) is 8.42 Å². The molecule has 1 aliphatic carbocycles. The van der Waals surface area contributed by atoms with Crippen LogP contribution in [0.4, 0.5) is 0 Å². The Morgan fingerprint density at radius 2 is 1.62 bits per heavy atom. The molecule has 0 spiro atoms. The number of sulfonamides is 1. The summed E-state index contributed by atoms with van der Waals surface area (Å²) in [7, 11) is -3.03. The van der Waals surface area contributed by atoms with Crippen molar-refractivity contribution < 1.29 is 8.42 Å². The highest BCUT2D eigenvalue weighted by atomic mass is 32.2. The van der Waals surface area contributed by atoms with Crippen LogP contribution in [-0.2, 0) is 10.0 Å². The molecule has 2 rings (SSSR count). The zero-order valence-corrected chi connectivity index (χ0v) is 14.2. The SMILES string of the molecule is CS(=O)(=O)NCCCN1CCN(CC2CCCCC2)CC1. The summed E-state index contributed by atoms with van der Waals surface area (Å²) in [6.45, 7) is 7.47. The van der Waals surface area contributed by atoms with Crippen molar-refractivity contribution in [3.05, 3.63) is 0 Å². The summed E-state index contributed by atoms with van der Waals surface area (Å²) in [5.41, 5.74) is 0. The van der Waals surface area contributed by atoms with Crippen molar-refractivity contribution in [3.63, 3.8) is 0 Å². The molecule has 0 aromatic carbocycles. The molecule has 0 atom stereocenters. The van der Waals surface area contributed by atoms with Crippen molar-refractivity contribution in [2.45, 2.75) is 38.5 Å². The Kier molecular flexibility index (Phi) is 6.92. The van der Waals surface area contributed by atoms with Gasteiger partial charge in [-0.2, -0.15) is 0 Å². The van der Waals surface area contributed by atoms with E-state index in [0.29, 0.717) is 6.54 Å². The summed E-state index contributed by atoms with van der Waals surface area (Å²) in [5.74, 6) is 0.935. The van der Waals surface area contributed by atoms with Gasteiger partial charge in [0.2, 0.25) is 10.0 Å².